The molecular weight excluding hydrogens is 242 g/mol. The monoisotopic (exact) mass is 263 g/mol. The number of ether oxygens (including phenoxy) is 2. The molecule has 0 radical (unpaired) electrons. The maximum atomic E-state index is 12.0. The third-order valence-electron chi connectivity index (χ3n) is 3.44. The number of Topliss-reactive ketones (excluding diaryl/α,β-unsaturated/α-hetero) is 1. The van der Waals surface area contributed by atoms with Crippen LogP contribution in [0.15, 0.2) is 6.07 Å². The van der Waals surface area contributed by atoms with Gasteiger partial charge in [0.1, 0.15) is 5.78 Å². The van der Waals surface area contributed by atoms with Crippen molar-refractivity contribution in [1.82, 2.24) is 4.98 Å². The maximum absolute atomic E-state index is 12.0. The summed E-state index contributed by atoms with van der Waals surface area (Å²) in [6.45, 7) is 8.97. The van der Waals surface area contributed by atoms with Crippen molar-refractivity contribution in [1.29, 1.82) is 0 Å². The summed E-state index contributed by atoms with van der Waals surface area (Å²) < 4.78 is 11.1. The van der Waals surface area contributed by atoms with Crippen molar-refractivity contribution in [3.8, 4) is 0 Å². The molecule has 0 amide bonds. The number of hydrogen-bond donors (Lipinski definition) is 0. The minimum atomic E-state index is -0.373. The lowest BCUT2D eigenvalue weighted by molar-refractivity contribution is -0.121. The van der Waals surface area contributed by atoms with Gasteiger partial charge in [0, 0.05) is 23.6 Å². The molecule has 0 unspecified atom stereocenters. The summed E-state index contributed by atoms with van der Waals surface area (Å²) in [5.74, 6) is 0.205. The van der Waals surface area contributed by atoms with Gasteiger partial charge in [-0.3, -0.25) is 9.78 Å². The molecule has 2 heterocycles. The summed E-state index contributed by atoms with van der Waals surface area (Å²) in [6, 6.07) is 2.03. The van der Waals surface area contributed by atoms with Crippen LogP contribution in [0.1, 0.15) is 42.7 Å². The normalized spacial score (nSPS) is 16.3. The van der Waals surface area contributed by atoms with Crippen molar-refractivity contribution in [2.24, 2.45) is 5.92 Å². The molecule has 4 nitrogen and oxygen atoms in total. The number of carbonyl (C=O) groups is 1. The molecule has 104 valence electrons. The van der Waals surface area contributed by atoms with E-state index in [4.69, 9.17) is 9.47 Å². The highest BCUT2D eigenvalue weighted by Gasteiger charge is 2.24. The zero-order valence-corrected chi connectivity index (χ0v) is 12.0. The molecule has 0 N–H and O–H groups in total. The lowest BCUT2D eigenvalue weighted by Crippen LogP contribution is -2.15. The fourth-order valence-electron chi connectivity index (χ4n) is 2.03. The molecule has 19 heavy (non-hydrogen) atoms. The van der Waals surface area contributed by atoms with Gasteiger partial charge < -0.3 is 9.47 Å². The molecule has 1 fully saturated rings. The number of carbonyl (C=O) groups excluding carboxylic acids is 1. The van der Waals surface area contributed by atoms with E-state index >= 15 is 0 Å². The second-order valence-corrected chi connectivity index (χ2v) is 5.30. The molecule has 0 bridgehead atoms. The summed E-state index contributed by atoms with van der Waals surface area (Å²) in [6.07, 6.45) is -0.0288. The van der Waals surface area contributed by atoms with Gasteiger partial charge in [-0.1, -0.05) is 13.8 Å². The molecule has 1 aromatic heterocycles. The number of aromatic nitrogens is 1. The lowest BCUT2D eigenvalue weighted by atomic mass is 9.99. The number of nitrogens with zero attached hydrogens (tertiary/aromatic N) is 1. The van der Waals surface area contributed by atoms with Crippen LogP contribution in [0.5, 0.6) is 0 Å². The zero-order valence-electron chi connectivity index (χ0n) is 12.0. The zero-order chi connectivity index (χ0) is 14.0. The van der Waals surface area contributed by atoms with Crippen LogP contribution in [-0.4, -0.2) is 24.0 Å². The van der Waals surface area contributed by atoms with Crippen molar-refractivity contribution in [2.75, 3.05) is 13.2 Å². The van der Waals surface area contributed by atoms with E-state index < -0.39 is 0 Å². The van der Waals surface area contributed by atoms with Crippen LogP contribution in [0, 0.1) is 19.8 Å². The smallest absolute Gasteiger partial charge is 0.185 e. The van der Waals surface area contributed by atoms with Gasteiger partial charge in [-0.2, -0.15) is 0 Å². The van der Waals surface area contributed by atoms with E-state index in [1.54, 1.807) is 0 Å². The van der Waals surface area contributed by atoms with Crippen molar-refractivity contribution >= 4 is 5.78 Å². The first-order valence-electron chi connectivity index (χ1n) is 6.72. The Bertz CT molecular complexity index is 477. The molecule has 0 aliphatic carbocycles. The highest BCUT2D eigenvalue weighted by atomic mass is 16.7. The predicted molar refractivity (Wildman–Crippen MR) is 71.9 cm³/mol. The van der Waals surface area contributed by atoms with Crippen LogP contribution in [-0.2, 0) is 20.7 Å². The SMILES string of the molecule is Cc1cc(C2OCCO2)c(CC(=O)C(C)C)nc1C. The van der Waals surface area contributed by atoms with Gasteiger partial charge in [-0.15, -0.1) is 0 Å². The summed E-state index contributed by atoms with van der Waals surface area (Å²) >= 11 is 0. The van der Waals surface area contributed by atoms with E-state index in [1.807, 2.05) is 33.8 Å². The second-order valence-electron chi connectivity index (χ2n) is 5.30. The molecule has 1 aliphatic rings. The van der Waals surface area contributed by atoms with Gasteiger partial charge >= 0.3 is 0 Å². The van der Waals surface area contributed by atoms with E-state index in [2.05, 4.69) is 4.98 Å². The third-order valence-corrected chi connectivity index (χ3v) is 3.44. The topological polar surface area (TPSA) is 48.4 Å². The molecular formula is C15H21NO3. The summed E-state index contributed by atoms with van der Waals surface area (Å²) in [4.78, 5) is 16.5. The Kier molecular flexibility index (Phi) is 4.32. The Morgan fingerprint density at radius 1 is 1.37 bits per heavy atom. The molecule has 1 aliphatic heterocycles. The van der Waals surface area contributed by atoms with Gasteiger partial charge in [0.15, 0.2) is 6.29 Å². The first-order valence-corrected chi connectivity index (χ1v) is 6.72. The van der Waals surface area contributed by atoms with Crippen LogP contribution in [0.4, 0.5) is 0 Å². The van der Waals surface area contributed by atoms with E-state index in [1.165, 1.54) is 0 Å². The number of aryl methyl sites for hydroxylation is 2. The average Bonchev–Trinajstić information content (AvgIpc) is 2.86. The molecule has 0 saturated carbocycles. The largest absolute Gasteiger partial charge is 0.346 e. The summed E-state index contributed by atoms with van der Waals surface area (Å²) in [5, 5.41) is 0. The minimum absolute atomic E-state index is 0.0154. The van der Waals surface area contributed by atoms with E-state index in [9.17, 15) is 4.79 Å². The molecule has 2 rings (SSSR count). The maximum Gasteiger partial charge on any atom is 0.185 e. The van der Waals surface area contributed by atoms with E-state index in [-0.39, 0.29) is 18.0 Å². The van der Waals surface area contributed by atoms with Gasteiger partial charge in [0.25, 0.3) is 0 Å². The highest BCUT2D eigenvalue weighted by molar-refractivity contribution is 5.82. The molecule has 1 aromatic rings. The fourth-order valence-corrected chi connectivity index (χ4v) is 2.03. The molecule has 0 spiro atoms. The molecule has 0 aromatic carbocycles. The Labute approximate surface area is 114 Å². The molecule has 0 atom stereocenters. The van der Waals surface area contributed by atoms with Crippen molar-refractivity contribution in [2.45, 2.75) is 40.4 Å². The number of hydrogen-bond acceptors (Lipinski definition) is 4. The van der Waals surface area contributed by atoms with Crippen molar-refractivity contribution < 1.29 is 14.3 Å². The average molecular weight is 263 g/mol. The van der Waals surface area contributed by atoms with E-state index in [0.717, 1.165) is 22.5 Å². The van der Waals surface area contributed by atoms with Gasteiger partial charge in [-0.25, -0.2) is 0 Å². The van der Waals surface area contributed by atoms with Crippen molar-refractivity contribution in [3.63, 3.8) is 0 Å². The summed E-state index contributed by atoms with van der Waals surface area (Å²) in [5.41, 5.74) is 3.73. The number of pyridine rings is 1. The quantitative estimate of drug-likeness (QED) is 0.837. The predicted octanol–water partition coefficient (Wildman–Crippen LogP) is 2.51. The van der Waals surface area contributed by atoms with Gasteiger partial charge in [0.2, 0.25) is 0 Å². The number of rotatable bonds is 4. The van der Waals surface area contributed by atoms with Crippen LogP contribution in [0.2, 0.25) is 0 Å². The first kappa shape index (κ1) is 14.2. The van der Waals surface area contributed by atoms with E-state index in [0.29, 0.717) is 19.6 Å². The fraction of sp³-hybridized carbons (Fsp3) is 0.600. The van der Waals surface area contributed by atoms with Crippen LogP contribution < -0.4 is 0 Å². The standard InChI is InChI=1S/C15H21NO3/c1-9(2)14(17)8-13-12(15-18-5-6-19-15)7-10(3)11(4)16-13/h7,9,15H,5-6,8H2,1-4H3. The Morgan fingerprint density at radius 2 is 2.00 bits per heavy atom. The lowest BCUT2D eigenvalue weighted by Gasteiger charge is -2.16. The Balaban J connectivity index is 2.33. The van der Waals surface area contributed by atoms with Gasteiger partial charge in [-0.05, 0) is 25.5 Å². The third kappa shape index (κ3) is 3.19. The van der Waals surface area contributed by atoms with Crippen LogP contribution >= 0.6 is 0 Å². The minimum Gasteiger partial charge on any atom is -0.346 e. The molecule has 1 saturated heterocycles. The second kappa shape index (κ2) is 5.80. The first-order chi connectivity index (χ1) is 8.99. The Hall–Kier alpha value is -1.26. The van der Waals surface area contributed by atoms with Crippen molar-refractivity contribution in [3.05, 3.63) is 28.6 Å². The van der Waals surface area contributed by atoms with Crippen LogP contribution in [0.25, 0.3) is 0 Å². The van der Waals surface area contributed by atoms with Gasteiger partial charge in [0.05, 0.1) is 18.9 Å². The summed E-state index contributed by atoms with van der Waals surface area (Å²) in [7, 11) is 0. The number of ketones is 1. The molecule has 4 heteroatoms. The van der Waals surface area contributed by atoms with Crippen LogP contribution in [0.3, 0.4) is 0 Å². The Morgan fingerprint density at radius 3 is 2.58 bits per heavy atom. The highest BCUT2D eigenvalue weighted by Crippen LogP contribution is 2.27.